The first-order valence-corrected chi connectivity index (χ1v) is 4.98. The van der Waals surface area contributed by atoms with Crippen molar-refractivity contribution in [3.05, 3.63) is 53.9 Å². The highest BCUT2D eigenvalue weighted by Crippen LogP contribution is 2.22. The number of carboxylic acid groups (broad SMARTS) is 1. The zero-order valence-electron chi connectivity index (χ0n) is 9.45. The van der Waals surface area contributed by atoms with Crippen molar-refractivity contribution >= 4 is 11.5 Å². The maximum absolute atomic E-state index is 10.9. The zero-order valence-corrected chi connectivity index (χ0v) is 9.45. The molecule has 0 bridgehead atoms. The molecule has 0 fully saturated rings. The lowest BCUT2D eigenvalue weighted by Gasteiger charge is -2.00. The van der Waals surface area contributed by atoms with Crippen LogP contribution in [0.2, 0.25) is 0 Å². The van der Waals surface area contributed by atoms with Gasteiger partial charge in [-0.2, -0.15) is 0 Å². The molecule has 0 aromatic carbocycles. The van der Waals surface area contributed by atoms with E-state index in [1.54, 1.807) is 19.2 Å². The molecule has 0 radical (unpaired) electrons. The first kappa shape index (κ1) is 12.0. The highest BCUT2D eigenvalue weighted by Gasteiger charge is 2.13. The molecule has 1 aromatic rings. The van der Waals surface area contributed by atoms with Crippen molar-refractivity contribution in [3.8, 4) is 0 Å². The number of allylic oxidation sites excluding steroid dienone is 5. The highest BCUT2D eigenvalue weighted by atomic mass is 16.4. The monoisotopic (exact) mass is 217 g/mol. The molecule has 0 spiro atoms. The van der Waals surface area contributed by atoms with E-state index in [1.807, 2.05) is 25.2 Å². The average Bonchev–Trinajstić information content (AvgIpc) is 2.60. The van der Waals surface area contributed by atoms with Crippen molar-refractivity contribution in [1.29, 1.82) is 0 Å². The Morgan fingerprint density at radius 1 is 1.56 bits per heavy atom. The van der Waals surface area contributed by atoms with E-state index in [-0.39, 0.29) is 5.69 Å². The maximum atomic E-state index is 10.9. The molecular weight excluding hydrogens is 202 g/mol. The molecule has 0 saturated heterocycles. The Bertz CT molecular complexity index is 464. The Morgan fingerprint density at radius 3 is 2.69 bits per heavy atom. The lowest BCUT2D eigenvalue weighted by Crippen LogP contribution is -1.98. The summed E-state index contributed by atoms with van der Waals surface area (Å²) in [5.74, 6) is -0.942. The Morgan fingerprint density at radius 2 is 2.25 bits per heavy atom. The van der Waals surface area contributed by atoms with Gasteiger partial charge in [0.2, 0.25) is 0 Å². The van der Waals surface area contributed by atoms with Gasteiger partial charge >= 0.3 is 5.97 Å². The minimum Gasteiger partial charge on any atom is -0.477 e. The molecule has 0 aliphatic carbocycles. The first-order chi connectivity index (χ1) is 7.61. The number of rotatable bonds is 4. The Labute approximate surface area is 94.8 Å². The van der Waals surface area contributed by atoms with Gasteiger partial charge in [-0.05, 0) is 25.0 Å². The van der Waals surface area contributed by atoms with Crippen molar-refractivity contribution in [2.45, 2.75) is 13.8 Å². The van der Waals surface area contributed by atoms with Crippen LogP contribution in [0.15, 0.2) is 37.1 Å². The predicted octanol–water partition coefficient (Wildman–Crippen LogP) is 3.17. The quantitative estimate of drug-likeness (QED) is 0.761. The summed E-state index contributed by atoms with van der Waals surface area (Å²) in [6.07, 6.45) is 9.06. The van der Waals surface area contributed by atoms with Crippen LogP contribution in [0.1, 0.15) is 28.5 Å². The molecular formula is C13H15NO2. The van der Waals surface area contributed by atoms with Crippen molar-refractivity contribution in [2.75, 3.05) is 0 Å². The average molecular weight is 217 g/mol. The molecule has 1 rings (SSSR count). The van der Waals surface area contributed by atoms with Crippen LogP contribution in [0.3, 0.4) is 0 Å². The lowest BCUT2D eigenvalue weighted by atomic mass is 10.0. The van der Waals surface area contributed by atoms with Crippen molar-refractivity contribution in [2.24, 2.45) is 0 Å². The molecule has 0 aliphatic heterocycles. The molecule has 0 atom stereocenters. The molecule has 1 heterocycles. The molecule has 0 unspecified atom stereocenters. The van der Waals surface area contributed by atoms with E-state index < -0.39 is 5.97 Å². The van der Waals surface area contributed by atoms with Gasteiger partial charge < -0.3 is 10.1 Å². The second kappa shape index (κ2) is 5.16. The third kappa shape index (κ3) is 2.31. The third-order valence-corrected chi connectivity index (χ3v) is 2.31. The normalized spacial score (nSPS) is 12.0. The molecule has 0 amide bonds. The van der Waals surface area contributed by atoms with Gasteiger partial charge in [-0.15, -0.1) is 0 Å². The van der Waals surface area contributed by atoms with E-state index >= 15 is 0 Å². The van der Waals surface area contributed by atoms with Gasteiger partial charge in [-0.1, -0.05) is 30.9 Å². The SMILES string of the molecule is C=C/C=C(\C=C/C)c1c[nH]c(C(=O)O)c1C. The van der Waals surface area contributed by atoms with E-state index in [0.717, 1.165) is 16.7 Å². The summed E-state index contributed by atoms with van der Waals surface area (Å²) in [4.78, 5) is 13.6. The minimum atomic E-state index is -0.942. The number of aromatic carboxylic acids is 1. The second-order valence-corrected chi connectivity index (χ2v) is 3.37. The van der Waals surface area contributed by atoms with E-state index in [0.29, 0.717) is 0 Å². The number of aromatic nitrogens is 1. The van der Waals surface area contributed by atoms with Crippen molar-refractivity contribution < 1.29 is 9.90 Å². The summed E-state index contributed by atoms with van der Waals surface area (Å²) in [5, 5.41) is 8.93. The molecule has 84 valence electrons. The number of carbonyl (C=O) groups is 1. The van der Waals surface area contributed by atoms with E-state index in [2.05, 4.69) is 11.6 Å². The van der Waals surface area contributed by atoms with Crippen molar-refractivity contribution in [3.63, 3.8) is 0 Å². The smallest absolute Gasteiger partial charge is 0.352 e. The van der Waals surface area contributed by atoms with E-state index in [1.165, 1.54) is 0 Å². The van der Waals surface area contributed by atoms with Crippen LogP contribution in [0.5, 0.6) is 0 Å². The molecule has 1 aromatic heterocycles. The first-order valence-electron chi connectivity index (χ1n) is 4.98. The van der Waals surface area contributed by atoms with Gasteiger partial charge in [0, 0.05) is 11.8 Å². The number of nitrogens with one attached hydrogen (secondary N) is 1. The summed E-state index contributed by atoms with van der Waals surface area (Å²) < 4.78 is 0. The second-order valence-electron chi connectivity index (χ2n) is 3.37. The number of H-pyrrole nitrogens is 1. The topological polar surface area (TPSA) is 53.1 Å². The molecule has 3 heteroatoms. The summed E-state index contributed by atoms with van der Waals surface area (Å²) in [7, 11) is 0. The number of carboxylic acids is 1. The lowest BCUT2D eigenvalue weighted by molar-refractivity contribution is 0.0690. The van der Waals surface area contributed by atoms with Gasteiger partial charge in [0.1, 0.15) is 5.69 Å². The van der Waals surface area contributed by atoms with Crippen LogP contribution < -0.4 is 0 Å². The number of aromatic amines is 1. The van der Waals surface area contributed by atoms with Crippen LogP contribution in [0.25, 0.3) is 5.57 Å². The fraction of sp³-hybridized carbons (Fsp3) is 0.154. The van der Waals surface area contributed by atoms with Crippen LogP contribution in [0, 0.1) is 6.92 Å². The van der Waals surface area contributed by atoms with E-state index in [9.17, 15) is 4.79 Å². The fourth-order valence-corrected chi connectivity index (χ4v) is 1.56. The fourth-order valence-electron chi connectivity index (χ4n) is 1.56. The van der Waals surface area contributed by atoms with Gasteiger partial charge in [-0.3, -0.25) is 0 Å². The molecule has 3 nitrogen and oxygen atoms in total. The summed E-state index contributed by atoms with van der Waals surface area (Å²) in [6, 6.07) is 0. The number of hydrogen-bond acceptors (Lipinski definition) is 1. The van der Waals surface area contributed by atoms with Crippen LogP contribution >= 0.6 is 0 Å². The summed E-state index contributed by atoms with van der Waals surface area (Å²) in [5.41, 5.74) is 2.79. The largest absolute Gasteiger partial charge is 0.477 e. The maximum Gasteiger partial charge on any atom is 0.352 e. The molecule has 2 N–H and O–H groups in total. The van der Waals surface area contributed by atoms with E-state index in [4.69, 9.17) is 5.11 Å². The molecule has 0 aliphatic rings. The van der Waals surface area contributed by atoms with Crippen molar-refractivity contribution in [1.82, 2.24) is 4.98 Å². The van der Waals surface area contributed by atoms with Crippen LogP contribution in [-0.4, -0.2) is 16.1 Å². The third-order valence-electron chi connectivity index (χ3n) is 2.31. The summed E-state index contributed by atoms with van der Waals surface area (Å²) in [6.45, 7) is 7.34. The Hall–Kier alpha value is -2.03. The van der Waals surface area contributed by atoms with Gasteiger partial charge in [0.25, 0.3) is 0 Å². The van der Waals surface area contributed by atoms with Gasteiger partial charge in [0.15, 0.2) is 0 Å². The standard InChI is InChI=1S/C13H15NO2/c1-4-6-10(7-5-2)11-8-14-12(9(11)3)13(15)16/h4-8,14H,1H2,2-3H3,(H,15,16)/b7-5-,10-6+. The number of hydrogen-bond donors (Lipinski definition) is 2. The zero-order chi connectivity index (χ0) is 12.1. The Balaban J connectivity index is 3.27. The minimum absolute atomic E-state index is 0.231. The summed E-state index contributed by atoms with van der Waals surface area (Å²) >= 11 is 0. The van der Waals surface area contributed by atoms with Gasteiger partial charge in [0.05, 0.1) is 0 Å². The predicted molar refractivity (Wildman–Crippen MR) is 65.5 cm³/mol. The van der Waals surface area contributed by atoms with Crippen LogP contribution in [0.4, 0.5) is 0 Å². The Kier molecular flexibility index (Phi) is 3.89. The molecule has 16 heavy (non-hydrogen) atoms. The van der Waals surface area contributed by atoms with Crippen LogP contribution in [-0.2, 0) is 0 Å². The highest BCUT2D eigenvalue weighted by molar-refractivity contribution is 5.90. The molecule has 0 saturated carbocycles. The van der Waals surface area contributed by atoms with Gasteiger partial charge in [-0.25, -0.2) is 4.79 Å².